The molecule has 1 amide bonds. The quantitative estimate of drug-likeness (QED) is 0.782. The average molecular weight is 359 g/mol. The predicted molar refractivity (Wildman–Crippen MR) is 90.5 cm³/mol. The van der Waals surface area contributed by atoms with Gasteiger partial charge in [0.05, 0.1) is 17.1 Å². The summed E-state index contributed by atoms with van der Waals surface area (Å²) in [6.45, 7) is 2.60. The fraction of sp³-hybridized carbons (Fsp3) is 0.188. The summed E-state index contributed by atoms with van der Waals surface area (Å²) in [5.74, 6) is 0.390. The first-order chi connectivity index (χ1) is 10.5. The van der Waals surface area contributed by atoms with Gasteiger partial charge < -0.3 is 10.1 Å². The van der Waals surface area contributed by atoms with E-state index in [0.717, 1.165) is 5.56 Å². The zero-order valence-corrected chi connectivity index (χ0v) is 14.1. The summed E-state index contributed by atoms with van der Waals surface area (Å²) >= 11 is 17.8. The summed E-state index contributed by atoms with van der Waals surface area (Å²) in [6.07, 6.45) is 0. The molecule has 0 aromatic heterocycles. The Morgan fingerprint density at radius 2 is 1.86 bits per heavy atom. The molecule has 0 saturated carbocycles. The minimum Gasteiger partial charge on any atom is -0.492 e. The summed E-state index contributed by atoms with van der Waals surface area (Å²) in [6, 6.07) is 10.2. The molecule has 6 heteroatoms. The van der Waals surface area contributed by atoms with Crippen molar-refractivity contribution in [2.24, 2.45) is 0 Å². The lowest BCUT2D eigenvalue weighted by molar-refractivity contribution is 0.0947. The van der Waals surface area contributed by atoms with Gasteiger partial charge in [-0.2, -0.15) is 0 Å². The number of benzene rings is 2. The number of aryl methyl sites for hydroxylation is 1. The van der Waals surface area contributed by atoms with Crippen molar-refractivity contribution >= 4 is 40.7 Å². The summed E-state index contributed by atoms with van der Waals surface area (Å²) in [7, 11) is 0. The van der Waals surface area contributed by atoms with Gasteiger partial charge >= 0.3 is 0 Å². The molecule has 0 aliphatic carbocycles. The highest BCUT2D eigenvalue weighted by Crippen LogP contribution is 2.22. The maximum Gasteiger partial charge on any atom is 0.252 e. The average Bonchev–Trinajstić information content (AvgIpc) is 2.47. The van der Waals surface area contributed by atoms with Crippen LogP contribution >= 0.6 is 34.8 Å². The van der Waals surface area contributed by atoms with Crippen LogP contribution in [0.25, 0.3) is 0 Å². The van der Waals surface area contributed by atoms with Gasteiger partial charge in [0.1, 0.15) is 12.4 Å². The van der Waals surface area contributed by atoms with Gasteiger partial charge in [0.25, 0.3) is 5.91 Å². The SMILES string of the molecule is Cc1ccc(OCCNC(=O)c2ccc(Cl)cc2Cl)cc1Cl. The van der Waals surface area contributed by atoms with Crippen molar-refractivity contribution in [2.75, 3.05) is 13.2 Å². The minimum absolute atomic E-state index is 0.271. The first kappa shape index (κ1) is 16.9. The van der Waals surface area contributed by atoms with E-state index in [4.69, 9.17) is 39.5 Å². The van der Waals surface area contributed by atoms with Crippen molar-refractivity contribution in [2.45, 2.75) is 6.92 Å². The van der Waals surface area contributed by atoms with Gasteiger partial charge in [-0.05, 0) is 42.8 Å². The van der Waals surface area contributed by atoms with Crippen LogP contribution in [0.3, 0.4) is 0 Å². The zero-order valence-electron chi connectivity index (χ0n) is 11.8. The third kappa shape index (κ3) is 4.54. The van der Waals surface area contributed by atoms with E-state index in [2.05, 4.69) is 5.32 Å². The molecule has 0 atom stereocenters. The fourth-order valence-corrected chi connectivity index (χ4v) is 2.43. The number of hydrogen-bond acceptors (Lipinski definition) is 2. The smallest absolute Gasteiger partial charge is 0.252 e. The van der Waals surface area contributed by atoms with Crippen molar-refractivity contribution < 1.29 is 9.53 Å². The minimum atomic E-state index is -0.271. The molecule has 0 aliphatic rings. The molecule has 0 spiro atoms. The van der Waals surface area contributed by atoms with E-state index >= 15 is 0 Å². The third-order valence-electron chi connectivity index (χ3n) is 2.98. The van der Waals surface area contributed by atoms with Crippen LogP contribution in [-0.2, 0) is 0 Å². The maximum absolute atomic E-state index is 12.0. The topological polar surface area (TPSA) is 38.3 Å². The number of hydrogen-bond donors (Lipinski definition) is 1. The van der Waals surface area contributed by atoms with E-state index in [0.29, 0.717) is 39.5 Å². The third-order valence-corrected chi connectivity index (χ3v) is 3.93. The van der Waals surface area contributed by atoms with E-state index in [-0.39, 0.29) is 5.91 Å². The van der Waals surface area contributed by atoms with Gasteiger partial charge in [-0.3, -0.25) is 4.79 Å². The normalized spacial score (nSPS) is 10.4. The number of amides is 1. The Balaban J connectivity index is 1.83. The highest BCUT2D eigenvalue weighted by atomic mass is 35.5. The Morgan fingerprint density at radius 1 is 1.09 bits per heavy atom. The Morgan fingerprint density at radius 3 is 2.55 bits per heavy atom. The van der Waals surface area contributed by atoms with Crippen LogP contribution in [0.4, 0.5) is 0 Å². The molecule has 2 aromatic rings. The number of carbonyl (C=O) groups is 1. The molecular weight excluding hydrogens is 345 g/mol. The Bertz CT molecular complexity index is 689. The number of nitrogens with one attached hydrogen (secondary N) is 1. The Labute approximate surface area is 144 Å². The molecule has 0 unspecified atom stereocenters. The second kappa shape index (κ2) is 7.73. The summed E-state index contributed by atoms with van der Waals surface area (Å²) < 4.78 is 5.52. The molecule has 3 nitrogen and oxygen atoms in total. The van der Waals surface area contributed by atoms with Crippen LogP contribution in [0.15, 0.2) is 36.4 Å². The number of ether oxygens (including phenoxy) is 1. The fourth-order valence-electron chi connectivity index (χ4n) is 1.77. The molecule has 2 aromatic carbocycles. The molecule has 0 radical (unpaired) electrons. The molecule has 0 heterocycles. The number of carbonyl (C=O) groups excluding carboxylic acids is 1. The van der Waals surface area contributed by atoms with E-state index < -0.39 is 0 Å². The molecule has 0 fully saturated rings. The molecule has 116 valence electrons. The first-order valence-corrected chi connectivity index (χ1v) is 7.73. The first-order valence-electron chi connectivity index (χ1n) is 6.59. The summed E-state index contributed by atoms with van der Waals surface area (Å²) in [5.41, 5.74) is 1.36. The molecule has 22 heavy (non-hydrogen) atoms. The van der Waals surface area contributed by atoms with Crippen molar-refractivity contribution in [1.29, 1.82) is 0 Å². The van der Waals surface area contributed by atoms with Gasteiger partial charge in [0.15, 0.2) is 0 Å². The lowest BCUT2D eigenvalue weighted by Crippen LogP contribution is -2.28. The van der Waals surface area contributed by atoms with E-state index in [9.17, 15) is 4.79 Å². The van der Waals surface area contributed by atoms with Crippen molar-refractivity contribution in [3.63, 3.8) is 0 Å². The number of halogens is 3. The predicted octanol–water partition coefficient (Wildman–Crippen LogP) is 4.76. The lowest BCUT2D eigenvalue weighted by atomic mass is 10.2. The van der Waals surface area contributed by atoms with E-state index in [1.54, 1.807) is 18.2 Å². The van der Waals surface area contributed by atoms with Crippen LogP contribution in [0.2, 0.25) is 15.1 Å². The second-order valence-electron chi connectivity index (χ2n) is 4.64. The highest BCUT2D eigenvalue weighted by Gasteiger charge is 2.10. The second-order valence-corrected chi connectivity index (χ2v) is 5.89. The van der Waals surface area contributed by atoms with Gasteiger partial charge in [0.2, 0.25) is 0 Å². The van der Waals surface area contributed by atoms with Crippen LogP contribution in [0.5, 0.6) is 5.75 Å². The van der Waals surface area contributed by atoms with Crippen LogP contribution in [-0.4, -0.2) is 19.1 Å². The molecule has 2 rings (SSSR count). The molecule has 0 bridgehead atoms. The lowest BCUT2D eigenvalue weighted by Gasteiger charge is -2.09. The van der Waals surface area contributed by atoms with Gasteiger partial charge in [-0.15, -0.1) is 0 Å². The van der Waals surface area contributed by atoms with Crippen molar-refractivity contribution in [3.8, 4) is 5.75 Å². The molecule has 1 N–H and O–H groups in total. The molecule has 0 saturated heterocycles. The standard InChI is InChI=1S/C16H14Cl3NO2/c1-10-2-4-12(9-14(10)18)22-7-6-20-16(21)13-5-3-11(17)8-15(13)19/h2-5,8-9H,6-7H2,1H3,(H,20,21). The monoisotopic (exact) mass is 357 g/mol. The maximum atomic E-state index is 12.0. The van der Waals surface area contributed by atoms with Gasteiger partial charge in [0, 0.05) is 10.0 Å². The highest BCUT2D eigenvalue weighted by molar-refractivity contribution is 6.36. The van der Waals surface area contributed by atoms with Crippen molar-refractivity contribution in [3.05, 3.63) is 62.6 Å². The van der Waals surface area contributed by atoms with E-state index in [1.165, 1.54) is 6.07 Å². The summed E-state index contributed by atoms with van der Waals surface area (Å²) in [5, 5.41) is 4.18. The van der Waals surface area contributed by atoms with Crippen LogP contribution in [0, 0.1) is 6.92 Å². The zero-order chi connectivity index (χ0) is 16.1. The Hall–Kier alpha value is -1.42. The molecular formula is C16H14Cl3NO2. The Kier molecular flexibility index (Phi) is 5.95. The molecule has 0 aliphatic heterocycles. The van der Waals surface area contributed by atoms with Crippen LogP contribution in [0.1, 0.15) is 15.9 Å². The number of rotatable bonds is 5. The van der Waals surface area contributed by atoms with Crippen molar-refractivity contribution in [1.82, 2.24) is 5.32 Å². The van der Waals surface area contributed by atoms with Gasteiger partial charge in [-0.25, -0.2) is 0 Å². The van der Waals surface area contributed by atoms with Crippen LogP contribution < -0.4 is 10.1 Å². The summed E-state index contributed by atoms with van der Waals surface area (Å²) in [4.78, 5) is 12.0. The largest absolute Gasteiger partial charge is 0.492 e. The van der Waals surface area contributed by atoms with E-state index in [1.807, 2.05) is 19.1 Å². The van der Waals surface area contributed by atoms with Gasteiger partial charge in [-0.1, -0.05) is 40.9 Å².